The van der Waals surface area contributed by atoms with Crippen molar-refractivity contribution < 1.29 is 32.6 Å². The maximum atomic E-state index is 12.6. The summed E-state index contributed by atoms with van der Waals surface area (Å²) in [6, 6.07) is 2.71. The number of aliphatic hydroxyl groups excluding tert-OH is 1. The lowest BCUT2D eigenvalue weighted by Gasteiger charge is -2.31. The Bertz CT molecular complexity index is 826. The summed E-state index contributed by atoms with van der Waals surface area (Å²) in [7, 11) is 0. The molecule has 3 rings (SSSR count). The van der Waals surface area contributed by atoms with Crippen LogP contribution in [0.5, 0.6) is 0 Å². The molecule has 1 aromatic carbocycles. The van der Waals surface area contributed by atoms with Gasteiger partial charge in [0.05, 0.1) is 30.7 Å². The predicted octanol–water partition coefficient (Wildman–Crippen LogP) is 2.11. The number of likely N-dealkylation sites (tertiary alicyclic amines) is 1. The van der Waals surface area contributed by atoms with Crippen molar-refractivity contribution in [2.45, 2.75) is 43.7 Å². The van der Waals surface area contributed by atoms with Crippen LogP contribution in [0.2, 0.25) is 0 Å². The molecule has 0 spiro atoms. The first-order valence-corrected chi connectivity index (χ1v) is 10.9. The fraction of sp³-hybridized carbons (Fsp3) is 0.545. The third kappa shape index (κ3) is 7.72. The van der Waals surface area contributed by atoms with Gasteiger partial charge in [-0.25, -0.2) is 4.79 Å². The van der Waals surface area contributed by atoms with Gasteiger partial charge in [-0.05, 0) is 50.2 Å². The molecule has 33 heavy (non-hydrogen) atoms. The average molecular weight is 470 g/mol. The van der Waals surface area contributed by atoms with E-state index in [1.807, 2.05) is 0 Å². The number of carbonyl (C=O) groups excluding carboxylic acids is 2. The van der Waals surface area contributed by atoms with E-state index in [0.717, 1.165) is 43.9 Å². The normalized spacial score (nSPS) is 23.3. The minimum Gasteiger partial charge on any atom is -0.394 e. The molecular formula is C22H29F3N4O4. The third-order valence-electron chi connectivity index (χ3n) is 5.57. The molecule has 2 aliphatic rings. The lowest BCUT2D eigenvalue weighted by Crippen LogP contribution is -2.50. The molecule has 3 atom stereocenters. The number of hydrogen-bond donors (Lipinski definition) is 4. The number of rotatable bonds is 8. The van der Waals surface area contributed by atoms with Crippen LogP contribution in [-0.2, 0) is 15.7 Å². The molecule has 182 valence electrons. The summed E-state index contributed by atoms with van der Waals surface area (Å²) in [6.45, 7) is 3.11. The SMILES string of the molecule is O=C(C[C@@H]1C=C[C@@H](NC(=O)Nc2ccc(C(F)(F)F)cc2)[C@H](CO)O1)NCCN1CCCC1. The van der Waals surface area contributed by atoms with Crippen LogP contribution in [0, 0.1) is 0 Å². The van der Waals surface area contributed by atoms with E-state index in [4.69, 9.17) is 4.74 Å². The van der Waals surface area contributed by atoms with Gasteiger partial charge < -0.3 is 30.7 Å². The highest BCUT2D eigenvalue weighted by Crippen LogP contribution is 2.29. The Kier molecular flexibility index (Phi) is 8.70. The quantitative estimate of drug-likeness (QED) is 0.436. The average Bonchev–Trinajstić information content (AvgIpc) is 3.28. The van der Waals surface area contributed by atoms with Gasteiger partial charge in [-0.2, -0.15) is 13.2 Å². The molecule has 1 aromatic rings. The number of amides is 3. The number of nitrogens with one attached hydrogen (secondary N) is 3. The predicted molar refractivity (Wildman–Crippen MR) is 116 cm³/mol. The number of alkyl halides is 3. The summed E-state index contributed by atoms with van der Waals surface area (Å²) >= 11 is 0. The molecule has 0 unspecified atom stereocenters. The minimum absolute atomic E-state index is 0.0947. The summed E-state index contributed by atoms with van der Waals surface area (Å²) in [6.07, 6.45) is -0.00343. The van der Waals surface area contributed by atoms with Crippen molar-refractivity contribution in [1.82, 2.24) is 15.5 Å². The molecule has 2 heterocycles. The summed E-state index contributed by atoms with van der Waals surface area (Å²) in [4.78, 5) is 26.7. The first kappa shape index (κ1) is 25.0. The van der Waals surface area contributed by atoms with Crippen molar-refractivity contribution in [3.8, 4) is 0 Å². The topological polar surface area (TPSA) is 103 Å². The van der Waals surface area contributed by atoms with E-state index in [0.29, 0.717) is 6.54 Å². The zero-order valence-electron chi connectivity index (χ0n) is 18.1. The fourth-order valence-corrected chi connectivity index (χ4v) is 3.81. The summed E-state index contributed by atoms with van der Waals surface area (Å²) in [5.74, 6) is -0.160. The van der Waals surface area contributed by atoms with Crippen LogP contribution in [0.1, 0.15) is 24.8 Å². The largest absolute Gasteiger partial charge is 0.416 e. The summed E-state index contributed by atoms with van der Waals surface area (Å²) in [5.41, 5.74) is -0.631. The molecule has 0 radical (unpaired) electrons. The number of urea groups is 1. The zero-order chi connectivity index (χ0) is 23.8. The summed E-state index contributed by atoms with van der Waals surface area (Å²) in [5, 5.41) is 17.6. The monoisotopic (exact) mass is 470 g/mol. The van der Waals surface area contributed by atoms with Crippen LogP contribution in [-0.4, -0.2) is 73.0 Å². The second-order valence-corrected chi connectivity index (χ2v) is 8.08. The molecule has 0 aliphatic carbocycles. The molecule has 0 saturated carbocycles. The van der Waals surface area contributed by atoms with Crippen molar-refractivity contribution in [3.05, 3.63) is 42.0 Å². The number of ether oxygens (including phenoxy) is 1. The number of carbonyl (C=O) groups is 2. The summed E-state index contributed by atoms with van der Waals surface area (Å²) < 4.78 is 43.6. The van der Waals surface area contributed by atoms with E-state index in [-0.39, 0.29) is 24.6 Å². The van der Waals surface area contributed by atoms with E-state index < -0.39 is 36.0 Å². The van der Waals surface area contributed by atoms with Crippen molar-refractivity contribution in [2.24, 2.45) is 0 Å². The third-order valence-corrected chi connectivity index (χ3v) is 5.57. The Labute approximate surface area is 190 Å². The van der Waals surface area contributed by atoms with E-state index in [9.17, 15) is 27.9 Å². The number of halogens is 3. The maximum absolute atomic E-state index is 12.6. The van der Waals surface area contributed by atoms with Gasteiger partial charge >= 0.3 is 12.2 Å². The van der Waals surface area contributed by atoms with E-state index in [1.54, 1.807) is 12.2 Å². The Morgan fingerprint density at radius 2 is 1.82 bits per heavy atom. The smallest absolute Gasteiger partial charge is 0.394 e. The molecule has 11 heteroatoms. The van der Waals surface area contributed by atoms with Gasteiger partial charge in [-0.3, -0.25) is 4.79 Å². The van der Waals surface area contributed by atoms with Crippen molar-refractivity contribution >= 4 is 17.6 Å². The highest BCUT2D eigenvalue weighted by molar-refractivity contribution is 5.89. The van der Waals surface area contributed by atoms with Crippen molar-refractivity contribution in [2.75, 3.05) is 38.1 Å². The van der Waals surface area contributed by atoms with Gasteiger partial charge in [0.15, 0.2) is 0 Å². The molecule has 4 N–H and O–H groups in total. The highest BCUT2D eigenvalue weighted by atomic mass is 19.4. The Morgan fingerprint density at radius 3 is 2.45 bits per heavy atom. The van der Waals surface area contributed by atoms with Crippen molar-refractivity contribution in [1.29, 1.82) is 0 Å². The molecule has 1 saturated heterocycles. The molecular weight excluding hydrogens is 441 g/mol. The van der Waals surface area contributed by atoms with Crippen LogP contribution >= 0.6 is 0 Å². The minimum atomic E-state index is -4.46. The lowest BCUT2D eigenvalue weighted by molar-refractivity contribution is -0.137. The molecule has 8 nitrogen and oxygen atoms in total. The van der Waals surface area contributed by atoms with Gasteiger partial charge in [0, 0.05) is 18.8 Å². The van der Waals surface area contributed by atoms with Gasteiger partial charge in [-0.1, -0.05) is 12.2 Å². The maximum Gasteiger partial charge on any atom is 0.416 e. The van der Waals surface area contributed by atoms with Gasteiger partial charge in [0.2, 0.25) is 5.91 Å². The van der Waals surface area contributed by atoms with Gasteiger partial charge in [0.1, 0.15) is 6.10 Å². The molecule has 3 amide bonds. The second kappa shape index (κ2) is 11.5. The molecule has 2 aliphatic heterocycles. The molecule has 1 fully saturated rings. The number of hydrogen-bond acceptors (Lipinski definition) is 5. The van der Waals surface area contributed by atoms with Crippen LogP contribution < -0.4 is 16.0 Å². The molecule has 0 bridgehead atoms. The van der Waals surface area contributed by atoms with Gasteiger partial charge in [0.25, 0.3) is 0 Å². The standard InChI is InChI=1S/C22H29F3N4O4/c23-22(24,25)15-3-5-16(6-4-15)27-21(32)28-18-8-7-17(33-19(18)14-30)13-20(31)26-9-12-29-10-1-2-11-29/h3-8,17-19,30H,1-2,9-14H2,(H,26,31)(H2,27,28,32)/t17-,18+,19-/m0/s1. The van der Waals surface area contributed by atoms with E-state index in [2.05, 4.69) is 20.9 Å². The zero-order valence-corrected chi connectivity index (χ0v) is 18.1. The van der Waals surface area contributed by atoms with Crippen LogP contribution in [0.15, 0.2) is 36.4 Å². The first-order chi connectivity index (χ1) is 15.7. The Hall–Kier alpha value is -2.63. The number of anilines is 1. The van der Waals surface area contributed by atoms with E-state index in [1.165, 1.54) is 12.8 Å². The van der Waals surface area contributed by atoms with E-state index >= 15 is 0 Å². The number of benzene rings is 1. The first-order valence-electron chi connectivity index (χ1n) is 10.9. The second-order valence-electron chi connectivity index (χ2n) is 8.08. The Morgan fingerprint density at radius 1 is 1.12 bits per heavy atom. The number of aliphatic hydroxyl groups is 1. The van der Waals surface area contributed by atoms with Crippen LogP contribution in [0.4, 0.5) is 23.7 Å². The van der Waals surface area contributed by atoms with Gasteiger partial charge in [-0.15, -0.1) is 0 Å². The van der Waals surface area contributed by atoms with Crippen LogP contribution in [0.3, 0.4) is 0 Å². The lowest BCUT2D eigenvalue weighted by atomic mass is 10.0. The molecule has 0 aromatic heterocycles. The van der Waals surface area contributed by atoms with Crippen LogP contribution in [0.25, 0.3) is 0 Å². The Balaban J connectivity index is 1.44. The fourth-order valence-electron chi connectivity index (χ4n) is 3.81. The highest BCUT2D eigenvalue weighted by Gasteiger charge is 2.31. The van der Waals surface area contributed by atoms with Crippen molar-refractivity contribution in [3.63, 3.8) is 0 Å². The number of nitrogens with zero attached hydrogens (tertiary/aromatic N) is 1.